The van der Waals surface area contributed by atoms with Crippen molar-refractivity contribution in [2.75, 3.05) is 5.32 Å². The summed E-state index contributed by atoms with van der Waals surface area (Å²) in [6.07, 6.45) is 1.80. The third-order valence-electron chi connectivity index (χ3n) is 7.28. The Kier molecular flexibility index (Phi) is 6.03. The van der Waals surface area contributed by atoms with Gasteiger partial charge in [-0.25, -0.2) is 0 Å². The van der Waals surface area contributed by atoms with Crippen LogP contribution in [-0.4, -0.2) is 31.6 Å². The van der Waals surface area contributed by atoms with E-state index in [1.54, 1.807) is 18.2 Å². The van der Waals surface area contributed by atoms with Crippen molar-refractivity contribution in [3.05, 3.63) is 101 Å². The van der Waals surface area contributed by atoms with Gasteiger partial charge in [-0.05, 0) is 54.8 Å². The van der Waals surface area contributed by atoms with E-state index in [2.05, 4.69) is 5.32 Å². The molecular weight excluding hydrogens is 516 g/mol. The van der Waals surface area contributed by atoms with Crippen LogP contribution in [0.3, 0.4) is 0 Å². The Morgan fingerprint density at radius 1 is 0.897 bits per heavy atom. The number of Topliss-reactive ketones (excluding diaryl/α,β-unsaturated/α-hetero) is 2. The standard InChI is InChI=1S/C30H24N2O6S/c1-17(33)31-19-11-15-21(16-12-19)39(36,37)38-20-13-9-18(10-14-20)26-27-24(7-4-8-25(27)34)32-29-22-5-2-3-6-23(22)30(35)28(26)29/h2-3,5-6,9-16,26,28H,4,7-8H2,1H3,(H,31,33)/t26-,28-/m1/s1. The highest BCUT2D eigenvalue weighted by atomic mass is 32.2. The molecule has 3 aliphatic rings. The monoisotopic (exact) mass is 540 g/mol. The summed E-state index contributed by atoms with van der Waals surface area (Å²) in [5.74, 6) is -1.35. The molecule has 0 unspecified atom stereocenters. The van der Waals surface area contributed by atoms with Gasteiger partial charge in [0.05, 0.1) is 11.6 Å². The van der Waals surface area contributed by atoms with Crippen LogP contribution in [0.4, 0.5) is 5.69 Å². The van der Waals surface area contributed by atoms with E-state index in [0.717, 1.165) is 23.2 Å². The van der Waals surface area contributed by atoms with Crippen molar-refractivity contribution in [3.63, 3.8) is 0 Å². The fourth-order valence-electron chi connectivity index (χ4n) is 5.62. The first kappa shape index (κ1) is 24.9. The lowest BCUT2D eigenvalue weighted by Crippen LogP contribution is -2.33. The quantitative estimate of drug-likeness (QED) is 0.464. The third-order valence-corrected chi connectivity index (χ3v) is 8.54. The molecule has 8 nitrogen and oxygen atoms in total. The molecule has 2 aliphatic carbocycles. The summed E-state index contributed by atoms with van der Waals surface area (Å²) < 4.78 is 31.1. The summed E-state index contributed by atoms with van der Waals surface area (Å²) >= 11 is 0. The predicted octanol–water partition coefficient (Wildman–Crippen LogP) is 4.82. The normalized spacial score (nSPS) is 20.1. The second-order valence-corrected chi connectivity index (χ2v) is 11.4. The fourth-order valence-corrected chi connectivity index (χ4v) is 6.55. The summed E-state index contributed by atoms with van der Waals surface area (Å²) in [6, 6.07) is 19.5. The Balaban J connectivity index is 1.32. The summed E-state index contributed by atoms with van der Waals surface area (Å²) in [4.78, 5) is 42.6. The predicted molar refractivity (Wildman–Crippen MR) is 144 cm³/mol. The van der Waals surface area contributed by atoms with Crippen LogP contribution < -0.4 is 9.50 Å². The highest BCUT2D eigenvalue weighted by Crippen LogP contribution is 2.48. The van der Waals surface area contributed by atoms with E-state index >= 15 is 0 Å². The number of anilines is 1. The highest BCUT2D eigenvalue weighted by Gasteiger charge is 2.48. The highest BCUT2D eigenvalue weighted by molar-refractivity contribution is 7.87. The summed E-state index contributed by atoms with van der Waals surface area (Å²) in [5.41, 5.74) is 4.61. The number of carbonyl (C=O) groups excluding carboxylic acids is 3. The Hall–Kier alpha value is -4.37. The summed E-state index contributed by atoms with van der Waals surface area (Å²) in [7, 11) is -4.13. The van der Waals surface area contributed by atoms with Crippen molar-refractivity contribution in [2.45, 2.75) is 37.0 Å². The van der Waals surface area contributed by atoms with Gasteiger partial charge in [0.25, 0.3) is 0 Å². The molecule has 1 amide bonds. The van der Waals surface area contributed by atoms with Gasteiger partial charge < -0.3 is 9.50 Å². The largest absolute Gasteiger partial charge is 0.379 e. The Morgan fingerprint density at radius 2 is 1.59 bits per heavy atom. The fraction of sp³-hybridized carbons (Fsp3) is 0.200. The number of allylic oxidation sites excluding steroid dienone is 2. The van der Waals surface area contributed by atoms with Crippen LogP contribution in [0.25, 0.3) is 0 Å². The molecule has 2 atom stereocenters. The maximum Gasteiger partial charge on any atom is 0.339 e. The molecule has 196 valence electrons. The third kappa shape index (κ3) is 4.38. The zero-order chi connectivity index (χ0) is 27.3. The lowest BCUT2D eigenvalue weighted by molar-refractivity contribution is -0.116. The number of nitrogens with one attached hydrogen (secondary N) is 1. The molecule has 1 heterocycles. The minimum Gasteiger partial charge on any atom is -0.379 e. The van der Waals surface area contributed by atoms with Gasteiger partial charge in [-0.15, -0.1) is 0 Å². The van der Waals surface area contributed by atoms with Crippen LogP contribution >= 0.6 is 0 Å². The average Bonchev–Trinajstić information content (AvgIpc) is 3.20. The lowest BCUT2D eigenvalue weighted by atomic mass is 9.71. The van der Waals surface area contributed by atoms with Crippen molar-refractivity contribution in [2.24, 2.45) is 10.9 Å². The number of fused-ring (bicyclic) bond motifs is 3. The Labute approximate surface area is 225 Å². The Morgan fingerprint density at radius 3 is 2.28 bits per heavy atom. The van der Waals surface area contributed by atoms with E-state index in [-0.39, 0.29) is 28.1 Å². The molecule has 0 spiro atoms. The van der Waals surface area contributed by atoms with Gasteiger partial charge in [0, 0.05) is 47.3 Å². The van der Waals surface area contributed by atoms with E-state index < -0.39 is 22.0 Å². The Bertz CT molecular complexity index is 1700. The number of benzene rings is 3. The molecule has 0 saturated carbocycles. The van der Waals surface area contributed by atoms with Crippen molar-refractivity contribution in [1.82, 2.24) is 0 Å². The van der Waals surface area contributed by atoms with E-state index in [1.165, 1.54) is 43.3 Å². The van der Waals surface area contributed by atoms with E-state index in [4.69, 9.17) is 9.18 Å². The van der Waals surface area contributed by atoms with Gasteiger partial charge in [-0.1, -0.05) is 36.4 Å². The van der Waals surface area contributed by atoms with Crippen LogP contribution in [0.1, 0.15) is 53.6 Å². The second kappa shape index (κ2) is 9.43. The van der Waals surface area contributed by atoms with Crippen LogP contribution in [0.5, 0.6) is 5.75 Å². The molecule has 3 aromatic rings. The molecule has 3 aromatic carbocycles. The molecule has 9 heteroatoms. The van der Waals surface area contributed by atoms with Crippen LogP contribution in [0, 0.1) is 5.92 Å². The molecule has 6 rings (SSSR count). The molecule has 1 N–H and O–H groups in total. The minimum atomic E-state index is -4.13. The zero-order valence-corrected chi connectivity index (χ0v) is 21.8. The number of carbonyl (C=O) groups is 3. The smallest absolute Gasteiger partial charge is 0.339 e. The van der Waals surface area contributed by atoms with Crippen LogP contribution in [0.2, 0.25) is 0 Å². The number of ketones is 2. The van der Waals surface area contributed by atoms with Gasteiger partial charge >= 0.3 is 10.1 Å². The molecule has 0 fully saturated rings. The van der Waals surface area contributed by atoms with Gasteiger partial charge in [-0.2, -0.15) is 8.42 Å². The first-order valence-electron chi connectivity index (χ1n) is 12.6. The van der Waals surface area contributed by atoms with Crippen molar-refractivity contribution in [1.29, 1.82) is 0 Å². The maximum atomic E-state index is 13.5. The van der Waals surface area contributed by atoms with Gasteiger partial charge in [0.1, 0.15) is 10.6 Å². The first-order chi connectivity index (χ1) is 18.7. The number of rotatable bonds is 5. The summed E-state index contributed by atoms with van der Waals surface area (Å²) in [5, 5.41) is 2.58. The van der Waals surface area contributed by atoms with Crippen molar-refractivity contribution in [3.8, 4) is 5.75 Å². The molecular formula is C30H24N2O6S. The van der Waals surface area contributed by atoms with E-state index in [9.17, 15) is 22.8 Å². The minimum absolute atomic E-state index is 0.00146. The first-order valence-corrected chi connectivity index (χ1v) is 14.0. The topological polar surface area (TPSA) is 119 Å². The van der Waals surface area contributed by atoms with Crippen molar-refractivity contribution < 1.29 is 27.0 Å². The van der Waals surface area contributed by atoms with Gasteiger partial charge in [0.2, 0.25) is 5.91 Å². The lowest BCUT2D eigenvalue weighted by Gasteiger charge is -2.33. The van der Waals surface area contributed by atoms with Gasteiger partial charge in [-0.3, -0.25) is 19.4 Å². The molecule has 0 bridgehead atoms. The molecule has 39 heavy (non-hydrogen) atoms. The second-order valence-electron chi connectivity index (χ2n) is 9.81. The van der Waals surface area contributed by atoms with Crippen LogP contribution in [-0.2, 0) is 19.7 Å². The number of aliphatic imine (C=N–C) groups is 1. The van der Waals surface area contributed by atoms with E-state index in [0.29, 0.717) is 35.4 Å². The number of amides is 1. The number of nitrogens with zero attached hydrogens (tertiary/aromatic N) is 1. The number of hydrogen-bond acceptors (Lipinski definition) is 7. The average molecular weight is 541 g/mol. The number of hydrogen-bond donors (Lipinski definition) is 1. The maximum absolute atomic E-state index is 13.5. The SMILES string of the molecule is CC(=O)Nc1ccc(S(=O)(=O)Oc2ccc([C@@H]3C4=C(CCCC4=O)N=C4c5ccccc5C(=O)[C@@H]43)cc2)cc1. The zero-order valence-electron chi connectivity index (χ0n) is 21.0. The molecule has 0 saturated heterocycles. The van der Waals surface area contributed by atoms with Crippen molar-refractivity contribution >= 4 is 39.0 Å². The molecule has 0 radical (unpaired) electrons. The molecule has 1 aliphatic heterocycles. The summed E-state index contributed by atoms with van der Waals surface area (Å²) in [6.45, 7) is 1.36. The van der Waals surface area contributed by atoms with E-state index in [1.807, 2.05) is 18.2 Å². The molecule has 0 aromatic heterocycles. The van der Waals surface area contributed by atoms with Gasteiger partial charge in [0.15, 0.2) is 11.6 Å². The van der Waals surface area contributed by atoms with Crippen LogP contribution in [0.15, 0.2) is 94.0 Å².